The van der Waals surface area contributed by atoms with Crippen molar-refractivity contribution >= 4 is 5.69 Å². The van der Waals surface area contributed by atoms with Crippen LogP contribution in [-0.2, 0) is 6.42 Å². The van der Waals surface area contributed by atoms with Gasteiger partial charge in [0.2, 0.25) is 0 Å². The summed E-state index contributed by atoms with van der Waals surface area (Å²) < 4.78 is 0. The summed E-state index contributed by atoms with van der Waals surface area (Å²) in [5.41, 5.74) is 2.94. The van der Waals surface area contributed by atoms with Gasteiger partial charge >= 0.3 is 0 Å². The molecule has 0 bridgehead atoms. The Bertz CT molecular complexity index is 354. The van der Waals surface area contributed by atoms with Gasteiger partial charge in [0, 0.05) is 24.8 Å². The van der Waals surface area contributed by atoms with Crippen molar-refractivity contribution in [3.63, 3.8) is 0 Å². The maximum absolute atomic E-state index is 3.65. The summed E-state index contributed by atoms with van der Waals surface area (Å²) in [4.78, 5) is 2.56. The van der Waals surface area contributed by atoms with Gasteiger partial charge in [0.1, 0.15) is 0 Å². The van der Waals surface area contributed by atoms with Crippen molar-refractivity contribution in [3.05, 3.63) is 29.8 Å². The first-order chi connectivity index (χ1) is 8.85. The summed E-state index contributed by atoms with van der Waals surface area (Å²) in [5, 5.41) is 3.65. The minimum absolute atomic E-state index is 0.731. The third-order valence-corrected chi connectivity index (χ3v) is 3.89. The van der Waals surface area contributed by atoms with Crippen molar-refractivity contribution in [2.75, 3.05) is 24.5 Å². The predicted octanol–water partition coefficient (Wildman–Crippen LogP) is 3.22. The molecule has 1 N–H and O–H groups in total. The van der Waals surface area contributed by atoms with Gasteiger partial charge in [-0.1, -0.05) is 32.0 Å². The molecule has 2 heteroatoms. The van der Waals surface area contributed by atoms with Crippen LogP contribution in [0.4, 0.5) is 5.69 Å². The molecule has 1 aliphatic heterocycles. The van der Waals surface area contributed by atoms with E-state index in [0.717, 1.165) is 19.0 Å². The minimum Gasteiger partial charge on any atom is -0.371 e. The van der Waals surface area contributed by atoms with E-state index in [9.17, 15) is 0 Å². The number of anilines is 1. The van der Waals surface area contributed by atoms with Crippen molar-refractivity contribution in [2.24, 2.45) is 0 Å². The van der Waals surface area contributed by atoms with Gasteiger partial charge in [0.25, 0.3) is 0 Å². The standard InChI is InChI=1S/C16H26N2/c1-3-11-17-15-9-12-18(13-10-15)16-8-6-5-7-14(16)4-2/h5-8,15,17H,3-4,9-13H2,1-2H3. The van der Waals surface area contributed by atoms with E-state index < -0.39 is 0 Å². The van der Waals surface area contributed by atoms with Gasteiger partial charge in [-0.2, -0.15) is 0 Å². The maximum Gasteiger partial charge on any atom is 0.0398 e. The maximum atomic E-state index is 3.65. The quantitative estimate of drug-likeness (QED) is 0.858. The lowest BCUT2D eigenvalue weighted by atomic mass is 10.0. The third kappa shape index (κ3) is 3.26. The zero-order valence-corrected chi connectivity index (χ0v) is 11.8. The molecule has 0 amide bonds. The Labute approximate surface area is 111 Å². The predicted molar refractivity (Wildman–Crippen MR) is 79.3 cm³/mol. The fourth-order valence-electron chi connectivity index (χ4n) is 2.79. The molecule has 0 spiro atoms. The van der Waals surface area contributed by atoms with Crippen molar-refractivity contribution in [1.29, 1.82) is 0 Å². The van der Waals surface area contributed by atoms with E-state index in [2.05, 4.69) is 48.3 Å². The number of benzene rings is 1. The van der Waals surface area contributed by atoms with Gasteiger partial charge in [0.15, 0.2) is 0 Å². The number of rotatable bonds is 5. The van der Waals surface area contributed by atoms with E-state index in [4.69, 9.17) is 0 Å². The summed E-state index contributed by atoms with van der Waals surface area (Å²) in [6, 6.07) is 9.58. The highest BCUT2D eigenvalue weighted by Gasteiger charge is 2.19. The Morgan fingerprint density at radius 2 is 1.89 bits per heavy atom. The van der Waals surface area contributed by atoms with Crippen LogP contribution in [0.3, 0.4) is 0 Å². The number of piperidine rings is 1. The monoisotopic (exact) mass is 246 g/mol. The topological polar surface area (TPSA) is 15.3 Å². The molecule has 0 aromatic heterocycles. The second-order valence-corrected chi connectivity index (χ2v) is 5.20. The zero-order chi connectivity index (χ0) is 12.8. The Balaban J connectivity index is 1.92. The molecule has 1 fully saturated rings. The Morgan fingerprint density at radius 3 is 2.56 bits per heavy atom. The minimum atomic E-state index is 0.731. The van der Waals surface area contributed by atoms with Crippen molar-refractivity contribution in [1.82, 2.24) is 5.32 Å². The largest absolute Gasteiger partial charge is 0.371 e. The Hall–Kier alpha value is -1.02. The number of para-hydroxylation sites is 1. The van der Waals surface area contributed by atoms with Gasteiger partial charge < -0.3 is 10.2 Å². The fourth-order valence-corrected chi connectivity index (χ4v) is 2.79. The molecule has 18 heavy (non-hydrogen) atoms. The molecule has 1 heterocycles. The first-order valence-corrected chi connectivity index (χ1v) is 7.41. The molecule has 2 nitrogen and oxygen atoms in total. The van der Waals surface area contributed by atoms with E-state index >= 15 is 0 Å². The first-order valence-electron chi connectivity index (χ1n) is 7.41. The van der Waals surface area contributed by atoms with E-state index in [-0.39, 0.29) is 0 Å². The second kappa shape index (κ2) is 6.79. The van der Waals surface area contributed by atoms with E-state index in [0.29, 0.717) is 0 Å². The molecule has 0 radical (unpaired) electrons. The molecule has 100 valence electrons. The molecule has 0 unspecified atom stereocenters. The summed E-state index contributed by atoms with van der Waals surface area (Å²) in [6.45, 7) is 8.03. The Kier molecular flexibility index (Phi) is 5.06. The van der Waals surface area contributed by atoms with Gasteiger partial charge in [-0.3, -0.25) is 0 Å². The van der Waals surface area contributed by atoms with Crippen LogP contribution in [0, 0.1) is 0 Å². The molecule has 1 aromatic carbocycles. The van der Waals surface area contributed by atoms with Crippen LogP contribution in [-0.4, -0.2) is 25.7 Å². The highest BCUT2D eigenvalue weighted by Crippen LogP contribution is 2.24. The summed E-state index contributed by atoms with van der Waals surface area (Å²) in [6.07, 6.45) is 4.92. The lowest BCUT2D eigenvalue weighted by Gasteiger charge is -2.35. The molecule has 0 atom stereocenters. The Morgan fingerprint density at radius 1 is 1.17 bits per heavy atom. The van der Waals surface area contributed by atoms with E-state index in [1.165, 1.54) is 43.6 Å². The van der Waals surface area contributed by atoms with Crippen LogP contribution in [0.2, 0.25) is 0 Å². The van der Waals surface area contributed by atoms with Crippen LogP contribution in [0.15, 0.2) is 24.3 Å². The van der Waals surface area contributed by atoms with Crippen molar-refractivity contribution in [3.8, 4) is 0 Å². The second-order valence-electron chi connectivity index (χ2n) is 5.20. The molecular formula is C16H26N2. The molecule has 1 aliphatic rings. The number of nitrogens with zero attached hydrogens (tertiary/aromatic N) is 1. The van der Waals surface area contributed by atoms with Crippen LogP contribution in [0.5, 0.6) is 0 Å². The number of nitrogens with one attached hydrogen (secondary N) is 1. The number of hydrogen-bond acceptors (Lipinski definition) is 2. The van der Waals surface area contributed by atoms with Gasteiger partial charge in [-0.25, -0.2) is 0 Å². The average molecular weight is 246 g/mol. The summed E-state index contributed by atoms with van der Waals surface area (Å²) >= 11 is 0. The molecule has 1 saturated heterocycles. The highest BCUT2D eigenvalue weighted by molar-refractivity contribution is 5.54. The highest BCUT2D eigenvalue weighted by atomic mass is 15.1. The first kappa shape index (κ1) is 13.4. The summed E-state index contributed by atoms with van der Waals surface area (Å²) in [5.74, 6) is 0. The van der Waals surface area contributed by atoms with Gasteiger partial charge in [0.05, 0.1) is 0 Å². The van der Waals surface area contributed by atoms with E-state index in [1.54, 1.807) is 0 Å². The zero-order valence-electron chi connectivity index (χ0n) is 11.8. The van der Waals surface area contributed by atoms with Gasteiger partial charge in [-0.15, -0.1) is 0 Å². The molecule has 0 aliphatic carbocycles. The fraction of sp³-hybridized carbons (Fsp3) is 0.625. The lowest BCUT2D eigenvalue weighted by molar-refractivity contribution is 0.415. The average Bonchev–Trinajstić information content (AvgIpc) is 2.45. The SMILES string of the molecule is CCCNC1CCN(c2ccccc2CC)CC1. The van der Waals surface area contributed by atoms with Crippen molar-refractivity contribution < 1.29 is 0 Å². The van der Waals surface area contributed by atoms with Crippen molar-refractivity contribution in [2.45, 2.75) is 45.6 Å². The smallest absolute Gasteiger partial charge is 0.0398 e. The molecule has 1 aromatic rings. The summed E-state index contributed by atoms with van der Waals surface area (Å²) in [7, 11) is 0. The van der Waals surface area contributed by atoms with E-state index in [1.807, 2.05) is 0 Å². The molecular weight excluding hydrogens is 220 g/mol. The molecule has 2 rings (SSSR count). The lowest BCUT2D eigenvalue weighted by Crippen LogP contribution is -2.43. The third-order valence-electron chi connectivity index (χ3n) is 3.89. The van der Waals surface area contributed by atoms with Crippen LogP contribution >= 0.6 is 0 Å². The normalized spacial score (nSPS) is 17.1. The number of hydrogen-bond donors (Lipinski definition) is 1. The van der Waals surface area contributed by atoms with Crippen LogP contribution in [0.25, 0.3) is 0 Å². The number of aryl methyl sites for hydroxylation is 1. The van der Waals surface area contributed by atoms with Crippen LogP contribution < -0.4 is 10.2 Å². The van der Waals surface area contributed by atoms with Crippen LogP contribution in [0.1, 0.15) is 38.7 Å². The van der Waals surface area contributed by atoms with Gasteiger partial charge in [-0.05, 0) is 43.9 Å². The molecule has 0 saturated carbocycles.